The van der Waals surface area contributed by atoms with Gasteiger partial charge >= 0.3 is 23.9 Å². The molecule has 0 spiro atoms. The number of ether oxygens (including phenoxy) is 3. The number of aliphatic carboxylic acids is 1. The molecule has 10 heteroatoms. The lowest BCUT2D eigenvalue weighted by Gasteiger charge is -2.22. The monoisotopic (exact) mass is 354 g/mol. The van der Waals surface area contributed by atoms with Gasteiger partial charge in [0.05, 0.1) is 0 Å². The molecule has 142 valence electrons. The molecule has 3 N–H and O–H groups in total. The summed E-state index contributed by atoms with van der Waals surface area (Å²) in [7, 11) is 1.00. The van der Waals surface area contributed by atoms with Crippen LogP contribution in [-0.2, 0) is 33.4 Å². The van der Waals surface area contributed by atoms with Crippen LogP contribution in [0.5, 0.6) is 0 Å². The van der Waals surface area contributed by atoms with Crippen molar-refractivity contribution in [1.82, 2.24) is 0 Å². The van der Waals surface area contributed by atoms with E-state index >= 15 is 0 Å². The van der Waals surface area contributed by atoms with Gasteiger partial charge in [0, 0.05) is 7.11 Å². The number of hydrogen-bond acceptors (Lipinski definition) is 9. The Kier molecular flexibility index (Phi) is 14.7. The number of cyclic esters (lactones) is 2. The molecule has 1 saturated heterocycles. The largest absolute Gasteiger partial charge is 0.479 e. The van der Waals surface area contributed by atoms with Crippen molar-refractivity contribution in [2.75, 3.05) is 7.11 Å². The Morgan fingerprint density at radius 3 is 1.62 bits per heavy atom. The number of carboxylic acid groups (broad SMARTS) is 1. The maximum atomic E-state index is 10.7. The first kappa shape index (κ1) is 26.7. The van der Waals surface area contributed by atoms with Crippen LogP contribution in [0.4, 0.5) is 0 Å². The molecule has 0 bridgehead atoms. The summed E-state index contributed by atoms with van der Waals surface area (Å²) < 4.78 is 13.5. The second kappa shape index (κ2) is 13.3. The van der Waals surface area contributed by atoms with Gasteiger partial charge in [-0.3, -0.25) is 0 Å². The van der Waals surface area contributed by atoms with Gasteiger partial charge in [-0.15, -0.1) is 0 Å². The molecule has 1 aliphatic rings. The molecule has 0 saturated carbocycles. The number of rotatable bonds is 3. The number of carboxylic acids is 1. The molecule has 0 aromatic heterocycles. The van der Waals surface area contributed by atoms with Crippen molar-refractivity contribution < 1.29 is 48.7 Å². The summed E-state index contributed by atoms with van der Waals surface area (Å²) in [5.74, 6) is -3.13. The molecule has 0 aromatic rings. The molecule has 0 amide bonds. The van der Waals surface area contributed by atoms with Crippen LogP contribution in [0.25, 0.3) is 0 Å². The molecule has 0 radical (unpaired) electrons. The summed E-state index contributed by atoms with van der Waals surface area (Å²) in [6.45, 7) is 5.37. The van der Waals surface area contributed by atoms with Crippen LogP contribution in [0.2, 0.25) is 0 Å². The molecular formula is C14H26O10. The fourth-order valence-corrected chi connectivity index (χ4v) is 0.959. The van der Waals surface area contributed by atoms with E-state index in [4.69, 9.17) is 15.3 Å². The first-order chi connectivity index (χ1) is 10.6. The van der Waals surface area contributed by atoms with Gasteiger partial charge in [0.2, 0.25) is 0 Å². The second-order valence-corrected chi connectivity index (χ2v) is 4.25. The Labute approximate surface area is 140 Å². The minimum Gasteiger partial charge on any atom is -0.479 e. The lowest BCUT2D eigenvalue weighted by molar-refractivity contribution is -0.191. The van der Waals surface area contributed by atoms with Gasteiger partial charge in [-0.25, -0.2) is 19.2 Å². The first-order valence-corrected chi connectivity index (χ1v) is 6.53. The Balaban J connectivity index is -0.000000321. The van der Waals surface area contributed by atoms with Gasteiger partial charge in [-0.05, 0) is 27.7 Å². The van der Waals surface area contributed by atoms with Crippen molar-refractivity contribution in [3.05, 3.63) is 0 Å². The van der Waals surface area contributed by atoms with E-state index in [-0.39, 0.29) is 7.43 Å². The Hall–Kier alpha value is -2.20. The van der Waals surface area contributed by atoms with Crippen LogP contribution >= 0.6 is 0 Å². The third-order valence-corrected chi connectivity index (χ3v) is 2.23. The van der Waals surface area contributed by atoms with Crippen LogP contribution in [0, 0.1) is 0 Å². The second-order valence-electron chi connectivity index (χ2n) is 4.25. The van der Waals surface area contributed by atoms with Crippen molar-refractivity contribution in [1.29, 1.82) is 0 Å². The number of carbonyl (C=O) groups excluding carboxylic acids is 3. The topological polar surface area (TPSA) is 157 Å². The summed E-state index contributed by atoms with van der Waals surface area (Å²) in [4.78, 5) is 41.9. The van der Waals surface area contributed by atoms with Crippen molar-refractivity contribution >= 4 is 23.9 Å². The molecule has 10 nitrogen and oxygen atoms in total. The molecular weight excluding hydrogens is 328 g/mol. The molecule has 0 aromatic carbocycles. The Morgan fingerprint density at radius 1 is 1.04 bits per heavy atom. The first-order valence-electron chi connectivity index (χ1n) is 6.53. The van der Waals surface area contributed by atoms with Crippen molar-refractivity contribution in [3.8, 4) is 0 Å². The van der Waals surface area contributed by atoms with Crippen molar-refractivity contribution in [3.63, 3.8) is 0 Å². The van der Waals surface area contributed by atoms with Crippen LogP contribution in [0.1, 0.15) is 35.1 Å². The van der Waals surface area contributed by atoms with E-state index in [1.165, 1.54) is 27.7 Å². The van der Waals surface area contributed by atoms with E-state index in [2.05, 4.69) is 14.2 Å². The average Bonchev–Trinajstić information content (AvgIpc) is 2.47. The maximum absolute atomic E-state index is 10.7. The molecule has 0 aliphatic carbocycles. The van der Waals surface area contributed by atoms with E-state index in [1.807, 2.05) is 0 Å². The predicted octanol–water partition coefficient (Wildman–Crippen LogP) is -0.508. The fourth-order valence-electron chi connectivity index (χ4n) is 0.959. The third-order valence-electron chi connectivity index (χ3n) is 2.23. The molecule has 1 rings (SSSR count). The van der Waals surface area contributed by atoms with Gasteiger partial charge in [-0.2, -0.15) is 0 Å². The summed E-state index contributed by atoms with van der Waals surface area (Å²) >= 11 is 0. The normalized spacial score (nSPS) is 21.0. The van der Waals surface area contributed by atoms with E-state index < -0.39 is 48.3 Å². The molecule has 4 unspecified atom stereocenters. The zero-order chi connectivity index (χ0) is 18.7. The van der Waals surface area contributed by atoms with E-state index in [0.29, 0.717) is 0 Å². The zero-order valence-electron chi connectivity index (χ0n) is 13.5. The number of aliphatic hydroxyl groups is 2. The molecule has 1 heterocycles. The SMILES string of the molecule is C.CC(O)C(=O)OC(C)C(=O)O.CC1OC(=O)C(C)OC1=O.CO. The average molecular weight is 354 g/mol. The number of carbonyl (C=O) groups is 4. The van der Waals surface area contributed by atoms with E-state index in [0.717, 1.165) is 7.11 Å². The fraction of sp³-hybridized carbons (Fsp3) is 0.714. The quantitative estimate of drug-likeness (QED) is 0.445. The Morgan fingerprint density at radius 2 is 1.38 bits per heavy atom. The van der Waals surface area contributed by atoms with E-state index in [9.17, 15) is 19.2 Å². The van der Waals surface area contributed by atoms with Crippen molar-refractivity contribution in [2.24, 2.45) is 0 Å². The van der Waals surface area contributed by atoms with Gasteiger partial charge < -0.3 is 29.5 Å². The van der Waals surface area contributed by atoms with Gasteiger partial charge in [0.1, 0.15) is 6.10 Å². The minimum absolute atomic E-state index is 0. The highest BCUT2D eigenvalue weighted by atomic mass is 16.6. The molecule has 1 aliphatic heterocycles. The summed E-state index contributed by atoms with van der Waals surface area (Å²) in [5.41, 5.74) is 0. The van der Waals surface area contributed by atoms with Gasteiger partial charge in [-0.1, -0.05) is 7.43 Å². The number of esters is 3. The summed E-state index contributed by atoms with van der Waals surface area (Å²) in [6.07, 6.45) is -3.98. The summed E-state index contributed by atoms with van der Waals surface area (Å²) in [6, 6.07) is 0. The molecule has 1 fully saturated rings. The van der Waals surface area contributed by atoms with Gasteiger partial charge in [0.25, 0.3) is 0 Å². The number of hydrogen-bond donors (Lipinski definition) is 3. The highest BCUT2D eigenvalue weighted by Gasteiger charge is 2.32. The standard InChI is InChI=1S/C6H10O5.C6H8O4.CH4O.CH4/c1-3(7)6(10)11-4(2)5(8)9;1-3-5(7)10-4(2)6(8)9-3;1-2;/h3-4,7H,1-2H3,(H,8,9);3-4H,1-2H3;2H,1H3;1H4. The van der Waals surface area contributed by atoms with E-state index in [1.54, 1.807) is 0 Å². The smallest absolute Gasteiger partial charge is 0.347 e. The lowest BCUT2D eigenvalue weighted by Crippen LogP contribution is -2.40. The predicted molar refractivity (Wildman–Crippen MR) is 80.9 cm³/mol. The highest BCUT2D eigenvalue weighted by molar-refractivity contribution is 5.86. The van der Waals surface area contributed by atoms with Crippen LogP contribution in [0.3, 0.4) is 0 Å². The van der Waals surface area contributed by atoms with Crippen molar-refractivity contribution in [2.45, 2.75) is 59.5 Å². The minimum atomic E-state index is -1.28. The third kappa shape index (κ3) is 10.5. The molecule has 24 heavy (non-hydrogen) atoms. The summed E-state index contributed by atoms with van der Waals surface area (Å²) in [5, 5.41) is 23.8. The molecule has 4 atom stereocenters. The Bertz CT molecular complexity index is 398. The zero-order valence-corrected chi connectivity index (χ0v) is 13.5. The lowest BCUT2D eigenvalue weighted by atomic mass is 10.3. The van der Waals surface area contributed by atoms with Crippen LogP contribution < -0.4 is 0 Å². The van der Waals surface area contributed by atoms with Crippen LogP contribution in [0.15, 0.2) is 0 Å². The highest BCUT2D eigenvalue weighted by Crippen LogP contribution is 2.08. The van der Waals surface area contributed by atoms with Crippen LogP contribution in [-0.4, -0.2) is 70.7 Å². The number of aliphatic hydroxyl groups excluding tert-OH is 2. The van der Waals surface area contributed by atoms with Gasteiger partial charge in [0.15, 0.2) is 18.3 Å². The maximum Gasteiger partial charge on any atom is 0.347 e.